The highest BCUT2D eigenvalue weighted by atomic mass is 32.1. The summed E-state index contributed by atoms with van der Waals surface area (Å²) in [5, 5.41) is 11.4. The van der Waals surface area contributed by atoms with Gasteiger partial charge in [0.05, 0.1) is 56.9 Å². The number of rotatable bonds is 20. The van der Waals surface area contributed by atoms with Crippen LogP contribution in [0.5, 0.6) is 0 Å². The average Bonchev–Trinajstić information content (AvgIpc) is 0.886. The minimum atomic E-state index is -0.448. The zero-order chi connectivity index (χ0) is 91.4. The molecule has 4 aliphatic heterocycles. The number of halogens is 6. The molecule has 12 N–H and O–H groups in total. The van der Waals surface area contributed by atoms with Crippen molar-refractivity contribution in [1.29, 1.82) is 0 Å². The first-order valence-electron chi connectivity index (χ1n) is 45.1. The molecule has 12 aromatic rings. The van der Waals surface area contributed by atoms with Gasteiger partial charge in [-0.2, -0.15) is 0 Å². The van der Waals surface area contributed by atoms with E-state index in [1.54, 1.807) is 50.8 Å². The van der Waals surface area contributed by atoms with Crippen LogP contribution in [0.25, 0.3) is 41.4 Å². The largest absolute Gasteiger partial charge is 0.396 e. The van der Waals surface area contributed by atoms with E-state index in [1.807, 2.05) is 75.6 Å². The number of nitrogens with one attached hydrogen (secondary N) is 4. The van der Waals surface area contributed by atoms with Gasteiger partial charge in [0.2, 0.25) is 0 Å². The van der Waals surface area contributed by atoms with Crippen LogP contribution in [-0.4, -0.2) is 142 Å². The maximum atomic E-state index is 15.0. The third-order valence-corrected chi connectivity index (χ3v) is 31.8. The lowest BCUT2D eigenvalue weighted by Gasteiger charge is -2.34. The Labute approximate surface area is 767 Å². The molecule has 8 aromatic heterocycles. The predicted molar refractivity (Wildman–Crippen MR) is 507 cm³/mol. The fourth-order valence-corrected chi connectivity index (χ4v) is 24.6. The van der Waals surface area contributed by atoms with Gasteiger partial charge >= 0.3 is 0 Å². The molecule has 24 nitrogen and oxygen atoms in total. The van der Waals surface area contributed by atoms with Gasteiger partial charge in [-0.3, -0.25) is 19.2 Å². The minimum Gasteiger partial charge on any atom is -0.396 e. The van der Waals surface area contributed by atoms with Crippen molar-refractivity contribution in [2.24, 2.45) is 47.3 Å². The first kappa shape index (κ1) is 90.8. The molecule has 34 heteroatoms. The fourth-order valence-electron chi connectivity index (χ4n) is 20.5. The van der Waals surface area contributed by atoms with Crippen LogP contribution in [0, 0.1) is 110 Å². The molecule has 8 bridgehead atoms. The lowest BCUT2D eigenvalue weighted by molar-refractivity contribution is 0.0948. The van der Waals surface area contributed by atoms with Crippen molar-refractivity contribution < 1.29 is 45.5 Å². The molecule has 130 heavy (non-hydrogen) atoms. The van der Waals surface area contributed by atoms with Crippen molar-refractivity contribution in [3.05, 3.63) is 185 Å². The minimum absolute atomic E-state index is 0.149. The third kappa shape index (κ3) is 19.6. The molecule has 4 amide bonds. The van der Waals surface area contributed by atoms with Gasteiger partial charge in [0.1, 0.15) is 95.8 Å². The molecule has 0 radical (unpaired) electrons. The Kier molecular flexibility index (Phi) is 26.8. The summed E-state index contributed by atoms with van der Waals surface area (Å²) >= 11 is 4.80. The van der Waals surface area contributed by atoms with Gasteiger partial charge in [0, 0.05) is 151 Å². The molecule has 684 valence electrons. The van der Waals surface area contributed by atoms with Gasteiger partial charge in [0.25, 0.3) is 23.6 Å². The average molecular weight is 1850 g/mol. The van der Waals surface area contributed by atoms with E-state index in [4.69, 9.17) is 22.9 Å². The number of thiophene rings is 4. The van der Waals surface area contributed by atoms with Crippen LogP contribution in [-0.2, 0) is 0 Å². The normalized spacial score (nSPS) is 21.0. The Morgan fingerprint density at radius 2 is 0.569 bits per heavy atom. The number of fused-ring (bicyclic) bond motifs is 12. The number of nitrogens with two attached hydrogens (primary N) is 4. The summed E-state index contributed by atoms with van der Waals surface area (Å²) in [5.74, 6) is 0.712. The summed E-state index contributed by atoms with van der Waals surface area (Å²) < 4.78 is 89.9. The molecule has 4 aromatic carbocycles. The molecule has 20 rings (SSSR count). The summed E-state index contributed by atoms with van der Waals surface area (Å²) in [7, 11) is 0. The highest BCUT2D eigenvalue weighted by Crippen LogP contribution is 2.46. The van der Waals surface area contributed by atoms with Crippen molar-refractivity contribution >= 4 is 156 Å². The van der Waals surface area contributed by atoms with E-state index >= 15 is 0 Å². The highest BCUT2D eigenvalue weighted by molar-refractivity contribution is 7.22. The quantitative estimate of drug-likeness (QED) is 0.0329. The van der Waals surface area contributed by atoms with Crippen LogP contribution < -0.4 is 63.8 Å². The van der Waals surface area contributed by atoms with Crippen molar-refractivity contribution in [3.63, 3.8) is 0 Å². The van der Waals surface area contributed by atoms with Gasteiger partial charge < -0.3 is 63.8 Å². The van der Waals surface area contributed by atoms with Crippen LogP contribution in [0.1, 0.15) is 212 Å². The van der Waals surface area contributed by atoms with Gasteiger partial charge in [-0.05, 0) is 211 Å². The molecule has 12 atom stereocenters. The first-order valence-corrected chi connectivity index (χ1v) is 48.4. The van der Waals surface area contributed by atoms with Crippen molar-refractivity contribution in [2.75, 3.05) is 121 Å². The zero-order valence-corrected chi connectivity index (χ0v) is 77.5. The van der Waals surface area contributed by atoms with Gasteiger partial charge in [0.15, 0.2) is 0 Å². The monoisotopic (exact) mass is 1850 g/mol. The number of aromatic nitrogens is 8. The number of anilines is 8. The van der Waals surface area contributed by atoms with Crippen molar-refractivity contribution in [2.45, 2.75) is 156 Å². The standard InChI is InChI=1S/2C24H27F2N5OS.2C24H28FN5OS/c2*1-12(8-29-23(32)22-20(27)21-24(33-22)30-13(2)9-28-21)16-6-18(26)19(7-17(16)25)31-10-14-3-4-15(5-14)11-31;2*1-13(9-28-23(31)22-20(26)21-24(32-22)29-14(2)10-27-21)18-6-5-17(8-19(18)25)30-11-15-3-4-16(7-15)12-30/h2*6-7,9,12,14-15H,3-5,8,10-11,27H2,1-2H3,(H,29,32);2*5-6,8,10,13,15-16H,3-4,7,9,11-12,26H2,1-2H3,(H,28,31)/t12-,14?,15?;;13-,15?,16?;/m0.0./s1. The SMILES string of the molecule is Cc1cnc2c(N)c(C(=O)NCC(C)c3cc(F)c(N4CC5CCC(C5)C4)cc3F)sc2n1.Cc1cnc2c(N)c(C(=O)NCC(C)c3ccc(N4CC5CCC(C5)C4)cc3F)sc2n1.Cc1cnc2c(N)c(C(=O)NC[C@H](C)c3cc(F)c(N4CC5CCC(C5)C4)cc3F)sc2n1.Cc1cnc2c(N)c(C(=O)NC[C@H](C)c3ccc(N4CC5CCC(C5)C4)cc3F)sc2n1. The summed E-state index contributed by atoms with van der Waals surface area (Å²) in [4.78, 5) is 98.1. The van der Waals surface area contributed by atoms with Crippen LogP contribution in [0.2, 0.25) is 0 Å². The molecule has 12 heterocycles. The van der Waals surface area contributed by atoms with Gasteiger partial charge in [-0.25, -0.2) is 66.2 Å². The fraction of sp³-hybridized carbons (Fsp3) is 0.458. The molecule has 4 saturated carbocycles. The number of nitrogens with zero attached hydrogens (tertiary/aromatic N) is 12. The predicted octanol–water partition coefficient (Wildman–Crippen LogP) is 18.2. The number of carbonyl (C=O) groups excluding carboxylic acids is 4. The highest BCUT2D eigenvalue weighted by Gasteiger charge is 2.39. The van der Waals surface area contributed by atoms with Crippen LogP contribution in [0.4, 0.5) is 71.8 Å². The molecule has 4 saturated heterocycles. The number of piperidine rings is 4. The molecule has 4 aliphatic carbocycles. The second kappa shape index (κ2) is 38.4. The Morgan fingerprint density at radius 1 is 0.338 bits per heavy atom. The summed E-state index contributed by atoms with van der Waals surface area (Å²) in [6.07, 6.45) is 21.4. The van der Waals surface area contributed by atoms with E-state index in [2.05, 4.69) is 70.9 Å². The smallest absolute Gasteiger partial charge is 0.263 e. The number of amides is 4. The molecule has 0 spiro atoms. The van der Waals surface area contributed by atoms with E-state index in [0.29, 0.717) is 132 Å². The van der Waals surface area contributed by atoms with Crippen molar-refractivity contribution in [3.8, 4) is 0 Å². The Bertz CT molecular complexity index is 5890. The van der Waals surface area contributed by atoms with E-state index in [0.717, 1.165) is 110 Å². The molecular formula is C96H110F6N20O4S4. The molecular weight excluding hydrogens is 1740 g/mol. The molecule has 8 fully saturated rings. The Balaban J connectivity index is 0.000000121. The zero-order valence-electron chi connectivity index (χ0n) is 74.2. The van der Waals surface area contributed by atoms with E-state index < -0.39 is 35.1 Å². The molecule has 8 aliphatic rings. The summed E-state index contributed by atoms with van der Waals surface area (Å²) in [6, 6.07) is 16.3. The maximum absolute atomic E-state index is 15.0. The molecule has 10 unspecified atom stereocenters. The number of benzene rings is 4. The number of hydrogen-bond acceptors (Lipinski definition) is 24. The van der Waals surface area contributed by atoms with Crippen LogP contribution >= 0.6 is 45.3 Å². The number of hydrogen-bond donors (Lipinski definition) is 8. The van der Waals surface area contributed by atoms with Gasteiger partial charge in [-0.15, -0.1) is 45.3 Å². The van der Waals surface area contributed by atoms with Crippen molar-refractivity contribution in [1.82, 2.24) is 61.1 Å². The van der Waals surface area contributed by atoms with E-state index in [9.17, 15) is 45.5 Å². The number of nitrogen functional groups attached to an aromatic ring is 4. The Hall–Kier alpha value is -11.1. The lowest BCUT2D eigenvalue weighted by Crippen LogP contribution is -2.37. The number of aryl methyl sites for hydroxylation is 4. The second-order valence-corrected chi connectivity index (χ2v) is 41.3. The van der Waals surface area contributed by atoms with E-state index in [-0.39, 0.29) is 82.7 Å². The van der Waals surface area contributed by atoms with Crippen LogP contribution in [0.15, 0.2) is 85.5 Å². The van der Waals surface area contributed by atoms with Crippen LogP contribution in [0.3, 0.4) is 0 Å². The van der Waals surface area contributed by atoms with Gasteiger partial charge in [-0.1, -0.05) is 39.8 Å². The second-order valence-electron chi connectivity index (χ2n) is 37.3. The maximum Gasteiger partial charge on any atom is 0.263 e. The summed E-state index contributed by atoms with van der Waals surface area (Å²) in [6.45, 7) is 22.9. The topological polar surface area (TPSA) is 337 Å². The summed E-state index contributed by atoms with van der Waals surface area (Å²) in [5.41, 5.74) is 35.1. The first-order chi connectivity index (χ1) is 62.4. The Morgan fingerprint density at radius 3 is 0.815 bits per heavy atom. The van der Waals surface area contributed by atoms with E-state index in [1.165, 1.54) is 147 Å². The number of carbonyl (C=O) groups is 4. The lowest BCUT2D eigenvalue weighted by atomic mass is 9.96. The third-order valence-electron chi connectivity index (χ3n) is 27.4.